The Balaban J connectivity index is 0.000000589. The number of rotatable bonds is 4. The first-order valence-corrected chi connectivity index (χ1v) is 11.8. The molecule has 4 rings (SSSR count). The third-order valence-corrected chi connectivity index (χ3v) is 6.66. The minimum Gasteiger partial charge on any atom is -0.372 e. The maximum Gasteiger partial charge on any atom is 0.0727 e. The summed E-state index contributed by atoms with van der Waals surface area (Å²) in [5, 5.41) is 1.97. The fourth-order valence-electron chi connectivity index (χ4n) is 4.09. The third kappa shape index (κ3) is 5.00. The number of nitrogens with zero attached hydrogens (tertiary/aromatic N) is 3. The van der Waals surface area contributed by atoms with E-state index in [1.165, 1.54) is 36.9 Å². The average molecular weight is 426 g/mol. The Morgan fingerprint density at radius 3 is 2.27 bits per heavy atom. The van der Waals surface area contributed by atoms with Gasteiger partial charge in [0, 0.05) is 48.7 Å². The molecule has 0 amide bonds. The van der Waals surface area contributed by atoms with E-state index in [0.717, 1.165) is 71.9 Å². The molecule has 4 heteroatoms. The molecule has 3 nitrogen and oxygen atoms in total. The average Bonchev–Trinajstić information content (AvgIpc) is 2.78. The number of unbranched alkanes of at least 4 members (excludes halogenated alkanes) is 1. The van der Waals surface area contributed by atoms with Crippen LogP contribution in [-0.2, 0) is 12.8 Å². The van der Waals surface area contributed by atoms with Gasteiger partial charge in [0.2, 0.25) is 0 Å². The maximum absolute atomic E-state index is 6.70. The molecular formula is C26H36ClN3. The number of aryl methyl sites for hydroxylation is 1. The van der Waals surface area contributed by atoms with Crippen molar-refractivity contribution >= 4 is 28.2 Å². The van der Waals surface area contributed by atoms with Crippen molar-refractivity contribution in [2.75, 3.05) is 26.2 Å². The fraction of sp³-hybridized carbons (Fsp3) is 0.500. The molecule has 0 N–H and O–H groups in total. The predicted molar refractivity (Wildman–Crippen MR) is 131 cm³/mol. The number of pyridine rings is 1. The van der Waals surface area contributed by atoms with E-state index in [1.54, 1.807) is 0 Å². The molecule has 1 aromatic heterocycles. The first kappa shape index (κ1) is 22.7. The summed E-state index contributed by atoms with van der Waals surface area (Å²) in [5.74, 6) is 0. The van der Waals surface area contributed by atoms with Crippen LogP contribution in [0.1, 0.15) is 63.3 Å². The zero-order chi connectivity index (χ0) is 21.7. The van der Waals surface area contributed by atoms with E-state index in [0.29, 0.717) is 0 Å². The minimum atomic E-state index is 0.900. The molecule has 2 heterocycles. The molecule has 1 fully saturated rings. The normalized spacial score (nSPS) is 16.0. The number of fused-ring (bicyclic) bond motifs is 2. The summed E-state index contributed by atoms with van der Waals surface area (Å²) in [6.45, 7) is 18.8. The van der Waals surface area contributed by atoms with Crippen LogP contribution in [0.15, 0.2) is 37.1 Å². The molecule has 0 saturated carbocycles. The van der Waals surface area contributed by atoms with Crippen molar-refractivity contribution in [3.05, 3.63) is 58.9 Å². The van der Waals surface area contributed by atoms with Crippen molar-refractivity contribution in [2.45, 2.75) is 59.3 Å². The highest BCUT2D eigenvalue weighted by Gasteiger charge is 2.20. The van der Waals surface area contributed by atoms with Crippen LogP contribution in [0.5, 0.6) is 0 Å². The van der Waals surface area contributed by atoms with Gasteiger partial charge in [-0.2, -0.15) is 0 Å². The van der Waals surface area contributed by atoms with Crippen molar-refractivity contribution in [3.8, 4) is 0 Å². The molecule has 162 valence electrons. The molecule has 0 atom stereocenters. The second-order valence-corrected chi connectivity index (χ2v) is 8.82. The molecule has 1 saturated heterocycles. The van der Waals surface area contributed by atoms with Crippen molar-refractivity contribution in [3.63, 3.8) is 0 Å². The lowest BCUT2D eigenvalue weighted by molar-refractivity contribution is 0.215. The monoisotopic (exact) mass is 425 g/mol. The van der Waals surface area contributed by atoms with E-state index in [-0.39, 0.29) is 0 Å². The van der Waals surface area contributed by atoms with Gasteiger partial charge in [0.25, 0.3) is 0 Å². The topological polar surface area (TPSA) is 19.4 Å². The van der Waals surface area contributed by atoms with Crippen LogP contribution in [0.25, 0.3) is 16.6 Å². The van der Waals surface area contributed by atoms with Crippen molar-refractivity contribution in [1.82, 2.24) is 14.8 Å². The first-order valence-electron chi connectivity index (χ1n) is 11.4. The first-order chi connectivity index (χ1) is 14.5. The molecular weight excluding hydrogens is 390 g/mol. The Hall–Kier alpha value is -2.00. The van der Waals surface area contributed by atoms with Crippen LogP contribution in [0, 0.1) is 0 Å². The van der Waals surface area contributed by atoms with Crippen molar-refractivity contribution < 1.29 is 0 Å². The summed E-state index contributed by atoms with van der Waals surface area (Å²) >= 11 is 6.70. The van der Waals surface area contributed by atoms with Gasteiger partial charge in [-0.15, -0.1) is 0 Å². The van der Waals surface area contributed by atoms with Gasteiger partial charge in [-0.05, 0) is 49.8 Å². The Kier molecular flexibility index (Phi) is 7.82. The lowest BCUT2D eigenvalue weighted by Crippen LogP contribution is -2.44. The van der Waals surface area contributed by atoms with Crippen LogP contribution in [-0.4, -0.2) is 41.0 Å². The van der Waals surface area contributed by atoms with Gasteiger partial charge in [-0.1, -0.05) is 63.6 Å². The van der Waals surface area contributed by atoms with Gasteiger partial charge in [0.05, 0.1) is 10.5 Å². The Bertz CT molecular complexity index is 908. The van der Waals surface area contributed by atoms with Crippen LogP contribution in [0.2, 0.25) is 5.02 Å². The van der Waals surface area contributed by atoms with Crippen molar-refractivity contribution in [2.24, 2.45) is 0 Å². The molecule has 1 aliphatic heterocycles. The van der Waals surface area contributed by atoms with Crippen molar-refractivity contribution in [1.29, 1.82) is 0 Å². The molecule has 30 heavy (non-hydrogen) atoms. The third-order valence-electron chi connectivity index (χ3n) is 6.23. The zero-order valence-corrected chi connectivity index (χ0v) is 19.7. The smallest absolute Gasteiger partial charge is 0.0727 e. The molecule has 1 aromatic carbocycles. The summed E-state index contributed by atoms with van der Waals surface area (Å²) in [6.07, 6.45) is 7.16. The lowest BCUT2D eigenvalue weighted by atomic mass is 9.94. The molecule has 0 unspecified atom stereocenters. The van der Waals surface area contributed by atoms with E-state index >= 15 is 0 Å². The van der Waals surface area contributed by atoms with Gasteiger partial charge < -0.3 is 9.80 Å². The van der Waals surface area contributed by atoms with E-state index in [2.05, 4.69) is 61.9 Å². The number of allylic oxidation sites excluding steroid dienone is 1. The predicted octanol–water partition coefficient (Wildman–Crippen LogP) is 6.70. The maximum atomic E-state index is 6.70. The summed E-state index contributed by atoms with van der Waals surface area (Å²) in [6, 6.07) is 6.41. The van der Waals surface area contributed by atoms with Crippen LogP contribution < -0.4 is 0 Å². The van der Waals surface area contributed by atoms with E-state index in [9.17, 15) is 0 Å². The number of hydrogen-bond donors (Lipinski definition) is 0. The zero-order valence-electron chi connectivity index (χ0n) is 18.9. The molecule has 0 spiro atoms. The van der Waals surface area contributed by atoms with E-state index in [4.69, 9.17) is 16.6 Å². The number of aromatic nitrogens is 1. The second-order valence-electron chi connectivity index (χ2n) is 8.45. The lowest BCUT2D eigenvalue weighted by Gasteiger charge is -2.38. The fourth-order valence-corrected chi connectivity index (χ4v) is 4.45. The van der Waals surface area contributed by atoms with Gasteiger partial charge >= 0.3 is 0 Å². The summed E-state index contributed by atoms with van der Waals surface area (Å²) < 4.78 is 0. The highest BCUT2D eigenvalue weighted by molar-refractivity contribution is 6.36. The minimum absolute atomic E-state index is 0.900. The van der Waals surface area contributed by atoms with Gasteiger partial charge in [-0.25, -0.2) is 0 Å². The number of piperazine rings is 1. The highest BCUT2D eigenvalue weighted by Crippen LogP contribution is 2.34. The quantitative estimate of drug-likeness (QED) is 0.543. The standard InChI is InChI=1S/C22H26ClN3.C4H10/c1-15(2)25-10-12-26(13-11-25)16(3)17-8-9-19-21(14-17)24-20-7-5-4-6-18(20)22(19)23;1-3-4-2/h8-9,14H,1,3-7,10-13H2,2H3;3-4H2,1-2H3. The van der Waals surface area contributed by atoms with Crippen LogP contribution in [0.3, 0.4) is 0 Å². The van der Waals surface area contributed by atoms with E-state index in [1.807, 2.05) is 0 Å². The summed E-state index contributed by atoms with van der Waals surface area (Å²) in [5.41, 5.74) is 6.79. The largest absolute Gasteiger partial charge is 0.372 e. The summed E-state index contributed by atoms with van der Waals surface area (Å²) in [4.78, 5) is 9.63. The number of benzene rings is 1. The Morgan fingerprint density at radius 2 is 1.63 bits per heavy atom. The van der Waals surface area contributed by atoms with Crippen LogP contribution >= 0.6 is 11.6 Å². The number of hydrogen-bond acceptors (Lipinski definition) is 3. The van der Waals surface area contributed by atoms with Crippen LogP contribution in [0.4, 0.5) is 0 Å². The SMILES string of the molecule is C=C(C)N1CCN(C(=C)c2ccc3c(Cl)c4c(nc3c2)CCCC4)CC1.CCCC. The molecule has 1 aliphatic carbocycles. The van der Waals surface area contributed by atoms with Gasteiger partial charge in [-0.3, -0.25) is 4.98 Å². The van der Waals surface area contributed by atoms with Gasteiger partial charge in [0.1, 0.15) is 0 Å². The second kappa shape index (κ2) is 10.3. The molecule has 2 aromatic rings. The Morgan fingerprint density at radius 1 is 1.00 bits per heavy atom. The molecule has 0 radical (unpaired) electrons. The highest BCUT2D eigenvalue weighted by atomic mass is 35.5. The van der Waals surface area contributed by atoms with E-state index < -0.39 is 0 Å². The molecule has 2 aliphatic rings. The Labute approximate surface area is 187 Å². The molecule has 0 bridgehead atoms. The van der Waals surface area contributed by atoms with Gasteiger partial charge in [0.15, 0.2) is 0 Å². The summed E-state index contributed by atoms with van der Waals surface area (Å²) in [7, 11) is 0. The number of halogens is 1.